The molecule has 0 atom stereocenters. The number of amides is 1. The van der Waals surface area contributed by atoms with E-state index in [2.05, 4.69) is 33.1 Å². The molecule has 1 aromatic rings. The summed E-state index contributed by atoms with van der Waals surface area (Å²) in [5, 5.41) is 4.07. The van der Waals surface area contributed by atoms with Gasteiger partial charge in [0.1, 0.15) is 0 Å². The van der Waals surface area contributed by atoms with E-state index in [-0.39, 0.29) is 11.8 Å². The standard InChI is InChI=1S/C17H27N5O2/c1-13(2)17-18-16(19-24-17)14-4-6-21(7-5-14)12-15(23)22-10-8-20(3)9-11-22/h4,13H,5-12H2,1-3H3. The summed E-state index contributed by atoms with van der Waals surface area (Å²) in [5.41, 5.74) is 1.12. The third-order valence-corrected chi connectivity index (χ3v) is 4.73. The number of aromatic nitrogens is 2. The summed E-state index contributed by atoms with van der Waals surface area (Å²) in [6, 6.07) is 0. The van der Waals surface area contributed by atoms with Crippen LogP contribution in [0.15, 0.2) is 10.6 Å². The minimum Gasteiger partial charge on any atom is -0.339 e. The smallest absolute Gasteiger partial charge is 0.236 e. The third-order valence-electron chi connectivity index (χ3n) is 4.73. The number of piperazine rings is 1. The van der Waals surface area contributed by atoms with Crippen LogP contribution in [0.3, 0.4) is 0 Å². The van der Waals surface area contributed by atoms with Crippen molar-refractivity contribution in [3.63, 3.8) is 0 Å². The molecule has 3 rings (SSSR count). The van der Waals surface area contributed by atoms with Crippen molar-refractivity contribution in [1.29, 1.82) is 0 Å². The maximum atomic E-state index is 12.4. The van der Waals surface area contributed by atoms with Crippen LogP contribution >= 0.6 is 0 Å². The zero-order valence-corrected chi connectivity index (χ0v) is 14.9. The van der Waals surface area contributed by atoms with Crippen LogP contribution in [0, 0.1) is 0 Å². The first-order valence-electron chi connectivity index (χ1n) is 8.74. The number of carbonyl (C=O) groups excluding carboxylic acids is 1. The molecule has 0 radical (unpaired) electrons. The lowest BCUT2D eigenvalue weighted by Gasteiger charge is -2.34. The predicted octanol–water partition coefficient (Wildman–Crippen LogP) is 1.06. The topological polar surface area (TPSA) is 65.7 Å². The molecule has 1 aromatic heterocycles. The van der Waals surface area contributed by atoms with Crippen LogP contribution in [0.25, 0.3) is 5.57 Å². The van der Waals surface area contributed by atoms with Gasteiger partial charge in [-0.05, 0) is 19.0 Å². The molecule has 0 spiro atoms. The van der Waals surface area contributed by atoms with Crippen molar-refractivity contribution >= 4 is 11.5 Å². The Bertz CT molecular complexity index is 602. The lowest BCUT2D eigenvalue weighted by molar-refractivity contribution is -0.133. The predicted molar refractivity (Wildman–Crippen MR) is 91.5 cm³/mol. The van der Waals surface area contributed by atoms with E-state index in [0.29, 0.717) is 18.3 Å². The molecule has 7 nitrogen and oxygen atoms in total. The van der Waals surface area contributed by atoms with Crippen molar-refractivity contribution in [1.82, 2.24) is 24.8 Å². The van der Waals surface area contributed by atoms with Crippen molar-refractivity contribution in [3.8, 4) is 0 Å². The normalized spacial score (nSPS) is 20.5. The molecular weight excluding hydrogens is 306 g/mol. The monoisotopic (exact) mass is 333 g/mol. The lowest BCUT2D eigenvalue weighted by Crippen LogP contribution is -2.50. The molecule has 0 aliphatic carbocycles. The minimum atomic E-state index is 0.238. The van der Waals surface area contributed by atoms with Gasteiger partial charge >= 0.3 is 0 Å². The molecule has 2 aliphatic heterocycles. The molecule has 2 aliphatic rings. The summed E-state index contributed by atoms with van der Waals surface area (Å²) in [6.45, 7) is 9.80. The van der Waals surface area contributed by atoms with Crippen LogP contribution in [-0.2, 0) is 4.79 Å². The van der Waals surface area contributed by atoms with Crippen molar-refractivity contribution in [2.75, 3.05) is 52.9 Å². The van der Waals surface area contributed by atoms with Gasteiger partial charge in [-0.3, -0.25) is 9.69 Å². The molecule has 7 heteroatoms. The van der Waals surface area contributed by atoms with Crippen LogP contribution in [0.4, 0.5) is 0 Å². The first-order valence-corrected chi connectivity index (χ1v) is 8.74. The Kier molecular flexibility index (Phi) is 5.30. The van der Waals surface area contributed by atoms with E-state index in [1.807, 2.05) is 18.7 Å². The van der Waals surface area contributed by atoms with Crippen LogP contribution in [0.5, 0.6) is 0 Å². The van der Waals surface area contributed by atoms with E-state index < -0.39 is 0 Å². The van der Waals surface area contributed by atoms with E-state index in [1.165, 1.54) is 0 Å². The molecule has 3 heterocycles. The van der Waals surface area contributed by atoms with E-state index >= 15 is 0 Å². The van der Waals surface area contributed by atoms with Gasteiger partial charge in [0.15, 0.2) is 5.82 Å². The third kappa shape index (κ3) is 4.02. The molecule has 0 unspecified atom stereocenters. The van der Waals surface area contributed by atoms with Crippen LogP contribution in [-0.4, -0.2) is 83.6 Å². The van der Waals surface area contributed by atoms with Gasteiger partial charge in [-0.1, -0.05) is 25.1 Å². The van der Waals surface area contributed by atoms with E-state index in [9.17, 15) is 4.79 Å². The number of carbonyl (C=O) groups is 1. The highest BCUT2D eigenvalue weighted by Crippen LogP contribution is 2.22. The Morgan fingerprint density at radius 3 is 2.58 bits per heavy atom. The summed E-state index contributed by atoms with van der Waals surface area (Å²) in [4.78, 5) is 23.3. The quantitative estimate of drug-likeness (QED) is 0.821. The molecule has 24 heavy (non-hydrogen) atoms. The SMILES string of the molecule is CC(C)c1nc(C2=CCN(CC(=O)N3CCN(C)CC3)CC2)no1. The fourth-order valence-electron chi connectivity index (χ4n) is 3.01. The Balaban J connectivity index is 1.52. The Labute approximate surface area is 143 Å². The zero-order chi connectivity index (χ0) is 17.1. The maximum Gasteiger partial charge on any atom is 0.236 e. The molecule has 1 saturated heterocycles. The Hall–Kier alpha value is -1.73. The Morgan fingerprint density at radius 2 is 2.00 bits per heavy atom. The number of hydrogen-bond donors (Lipinski definition) is 0. The van der Waals surface area contributed by atoms with Gasteiger partial charge in [-0.25, -0.2) is 0 Å². The summed E-state index contributed by atoms with van der Waals surface area (Å²) < 4.78 is 5.28. The highest BCUT2D eigenvalue weighted by atomic mass is 16.5. The molecule has 1 fully saturated rings. The van der Waals surface area contributed by atoms with Gasteiger partial charge in [0.05, 0.1) is 6.54 Å². The Morgan fingerprint density at radius 1 is 1.25 bits per heavy atom. The first kappa shape index (κ1) is 17.1. The molecule has 0 saturated carbocycles. The zero-order valence-electron chi connectivity index (χ0n) is 14.9. The van der Waals surface area contributed by atoms with Crippen LogP contribution in [0.1, 0.15) is 37.9 Å². The fourth-order valence-corrected chi connectivity index (χ4v) is 3.01. The van der Waals surface area contributed by atoms with Gasteiger partial charge in [0.25, 0.3) is 0 Å². The van der Waals surface area contributed by atoms with Gasteiger partial charge in [-0.2, -0.15) is 4.98 Å². The van der Waals surface area contributed by atoms with Crippen LogP contribution < -0.4 is 0 Å². The fraction of sp³-hybridized carbons (Fsp3) is 0.706. The highest BCUT2D eigenvalue weighted by molar-refractivity contribution is 5.78. The first-order chi connectivity index (χ1) is 11.5. The van der Waals surface area contributed by atoms with E-state index in [4.69, 9.17) is 4.52 Å². The molecule has 0 N–H and O–H groups in total. The second-order valence-corrected chi connectivity index (χ2v) is 7.01. The average Bonchev–Trinajstić information content (AvgIpc) is 3.06. The van der Waals surface area contributed by atoms with Gasteiger partial charge in [0, 0.05) is 45.2 Å². The highest BCUT2D eigenvalue weighted by Gasteiger charge is 2.23. The summed E-state index contributed by atoms with van der Waals surface area (Å²) in [7, 11) is 2.10. The number of hydrogen-bond acceptors (Lipinski definition) is 6. The molecular formula is C17H27N5O2. The van der Waals surface area contributed by atoms with Crippen molar-refractivity contribution in [2.24, 2.45) is 0 Å². The molecule has 1 amide bonds. The van der Waals surface area contributed by atoms with Crippen molar-refractivity contribution in [3.05, 3.63) is 17.8 Å². The van der Waals surface area contributed by atoms with E-state index in [0.717, 1.165) is 51.3 Å². The number of rotatable bonds is 4. The molecule has 132 valence electrons. The second-order valence-electron chi connectivity index (χ2n) is 7.01. The number of likely N-dealkylation sites (N-methyl/N-ethyl adjacent to an activating group) is 1. The van der Waals surface area contributed by atoms with Crippen molar-refractivity contribution < 1.29 is 9.32 Å². The van der Waals surface area contributed by atoms with Gasteiger partial charge < -0.3 is 14.3 Å². The summed E-state index contributed by atoms with van der Waals surface area (Å²) >= 11 is 0. The number of nitrogens with zero attached hydrogens (tertiary/aromatic N) is 5. The minimum absolute atomic E-state index is 0.238. The summed E-state index contributed by atoms with van der Waals surface area (Å²) in [5.74, 6) is 1.86. The second kappa shape index (κ2) is 7.44. The largest absolute Gasteiger partial charge is 0.339 e. The van der Waals surface area contributed by atoms with E-state index in [1.54, 1.807) is 0 Å². The maximum absolute atomic E-state index is 12.4. The molecule has 0 aromatic carbocycles. The van der Waals surface area contributed by atoms with Gasteiger partial charge in [-0.15, -0.1) is 0 Å². The lowest BCUT2D eigenvalue weighted by atomic mass is 10.1. The van der Waals surface area contributed by atoms with Gasteiger partial charge in [0.2, 0.25) is 11.8 Å². The van der Waals surface area contributed by atoms with Crippen molar-refractivity contribution in [2.45, 2.75) is 26.2 Å². The van der Waals surface area contributed by atoms with Crippen LogP contribution in [0.2, 0.25) is 0 Å². The molecule has 0 bridgehead atoms. The summed E-state index contributed by atoms with van der Waals surface area (Å²) in [6.07, 6.45) is 2.98. The average molecular weight is 333 g/mol.